The summed E-state index contributed by atoms with van der Waals surface area (Å²) >= 11 is 0. The Balaban J connectivity index is 1.89. The molecule has 0 spiro atoms. The number of nitrogens with zero attached hydrogens (tertiary/aromatic N) is 2. The first-order chi connectivity index (χ1) is 14.6. The van der Waals surface area contributed by atoms with Crippen molar-refractivity contribution < 1.29 is 4.84 Å². The molecule has 3 heteroatoms. The van der Waals surface area contributed by atoms with Crippen LogP contribution in [0.4, 0.5) is 5.69 Å². The molecule has 3 nitrogen and oxygen atoms in total. The maximum absolute atomic E-state index is 5.79. The van der Waals surface area contributed by atoms with Gasteiger partial charge in [0.15, 0.2) is 0 Å². The van der Waals surface area contributed by atoms with Crippen molar-refractivity contribution in [2.24, 2.45) is 0 Å². The van der Waals surface area contributed by atoms with Crippen LogP contribution >= 0.6 is 0 Å². The molecule has 0 saturated heterocycles. The highest BCUT2D eigenvalue weighted by atomic mass is 16.6. The minimum Gasteiger partial charge on any atom is -0.417 e. The molecule has 1 atom stereocenters. The molecule has 1 unspecified atom stereocenters. The van der Waals surface area contributed by atoms with Crippen molar-refractivity contribution in [1.29, 1.82) is 0 Å². The van der Waals surface area contributed by atoms with Gasteiger partial charge in [-0.15, -0.1) is 0 Å². The van der Waals surface area contributed by atoms with Crippen LogP contribution in [0, 0.1) is 6.92 Å². The van der Waals surface area contributed by atoms with Crippen molar-refractivity contribution in [3.63, 3.8) is 0 Å². The molecule has 30 heavy (non-hydrogen) atoms. The molecular weight excluding hydrogens is 368 g/mol. The third kappa shape index (κ3) is 3.71. The Hall–Kier alpha value is -3.46. The molecule has 0 radical (unpaired) electrons. The van der Waals surface area contributed by atoms with E-state index in [1.807, 2.05) is 10.8 Å². The number of benzene rings is 3. The van der Waals surface area contributed by atoms with Gasteiger partial charge in [0.25, 0.3) is 0 Å². The van der Waals surface area contributed by atoms with Gasteiger partial charge < -0.3 is 9.74 Å². The predicted molar refractivity (Wildman–Crippen MR) is 125 cm³/mol. The van der Waals surface area contributed by atoms with E-state index in [9.17, 15) is 0 Å². The van der Waals surface area contributed by atoms with E-state index in [4.69, 9.17) is 4.84 Å². The van der Waals surface area contributed by atoms with E-state index in [2.05, 4.69) is 111 Å². The summed E-state index contributed by atoms with van der Waals surface area (Å²) in [6.45, 7) is 2.13. The molecule has 0 amide bonds. The summed E-state index contributed by atoms with van der Waals surface area (Å²) in [5, 5.41) is 0. The standard InChI is InChI=1S/C27H28N2O/c1-20-25(19-26(29(20)30-4)21-11-7-5-8-12-21)27(22-13-9-6-10-14-22)23-15-17-24(18-16-23)28(2)3/h5-19,27H,1-4H3. The summed E-state index contributed by atoms with van der Waals surface area (Å²) in [5.41, 5.74) is 8.30. The van der Waals surface area contributed by atoms with Gasteiger partial charge in [-0.25, -0.2) is 0 Å². The van der Waals surface area contributed by atoms with Crippen molar-refractivity contribution in [3.05, 3.63) is 113 Å². The summed E-state index contributed by atoms with van der Waals surface area (Å²) < 4.78 is 1.94. The molecule has 0 saturated carbocycles. The van der Waals surface area contributed by atoms with Gasteiger partial charge in [-0.2, -0.15) is 4.73 Å². The lowest BCUT2D eigenvalue weighted by molar-refractivity contribution is 0.166. The van der Waals surface area contributed by atoms with Crippen molar-refractivity contribution in [3.8, 4) is 11.3 Å². The zero-order chi connectivity index (χ0) is 21.1. The van der Waals surface area contributed by atoms with E-state index in [0.29, 0.717) is 0 Å². The fourth-order valence-corrected chi connectivity index (χ4v) is 4.11. The zero-order valence-electron chi connectivity index (χ0n) is 18.0. The van der Waals surface area contributed by atoms with Crippen LogP contribution < -0.4 is 9.74 Å². The largest absolute Gasteiger partial charge is 0.417 e. The normalized spacial score (nSPS) is 11.9. The molecule has 0 aliphatic rings. The second-order valence-electron chi connectivity index (χ2n) is 7.74. The molecular formula is C27H28N2O. The highest BCUT2D eigenvalue weighted by molar-refractivity contribution is 5.64. The molecule has 1 aromatic heterocycles. The molecule has 1 heterocycles. The van der Waals surface area contributed by atoms with Crippen LogP contribution in [0.1, 0.15) is 28.3 Å². The van der Waals surface area contributed by atoms with Crippen LogP contribution in [-0.4, -0.2) is 25.9 Å². The van der Waals surface area contributed by atoms with Crippen LogP contribution in [-0.2, 0) is 0 Å². The predicted octanol–water partition coefficient (Wildman–Crippen LogP) is 5.77. The van der Waals surface area contributed by atoms with Crippen molar-refractivity contribution in [2.75, 3.05) is 26.1 Å². The van der Waals surface area contributed by atoms with E-state index in [1.165, 1.54) is 22.4 Å². The summed E-state index contributed by atoms with van der Waals surface area (Å²) in [6, 6.07) is 32.2. The summed E-state index contributed by atoms with van der Waals surface area (Å²) in [7, 11) is 5.87. The van der Waals surface area contributed by atoms with Gasteiger partial charge in [-0.1, -0.05) is 72.8 Å². The maximum Gasteiger partial charge on any atom is 0.104 e. The van der Waals surface area contributed by atoms with Gasteiger partial charge in [0.05, 0.1) is 11.4 Å². The Labute approximate surface area is 179 Å². The highest BCUT2D eigenvalue weighted by Gasteiger charge is 2.24. The quantitative estimate of drug-likeness (QED) is 0.412. The van der Waals surface area contributed by atoms with Crippen LogP contribution in [0.2, 0.25) is 0 Å². The molecule has 0 bridgehead atoms. The first-order valence-electron chi connectivity index (χ1n) is 10.2. The molecule has 0 aliphatic heterocycles. The van der Waals surface area contributed by atoms with E-state index in [-0.39, 0.29) is 5.92 Å². The molecule has 0 aliphatic carbocycles. The van der Waals surface area contributed by atoms with Crippen LogP contribution in [0.5, 0.6) is 0 Å². The zero-order valence-corrected chi connectivity index (χ0v) is 18.0. The Kier molecular flexibility index (Phi) is 5.62. The number of hydrogen-bond acceptors (Lipinski definition) is 2. The van der Waals surface area contributed by atoms with Gasteiger partial charge in [0.1, 0.15) is 7.11 Å². The second-order valence-corrected chi connectivity index (χ2v) is 7.74. The van der Waals surface area contributed by atoms with Gasteiger partial charge in [-0.05, 0) is 41.8 Å². The fraction of sp³-hybridized carbons (Fsp3) is 0.185. The van der Waals surface area contributed by atoms with Gasteiger partial charge in [-0.3, -0.25) is 0 Å². The lowest BCUT2D eigenvalue weighted by atomic mass is 9.85. The fourth-order valence-electron chi connectivity index (χ4n) is 4.11. The minimum absolute atomic E-state index is 0.126. The lowest BCUT2D eigenvalue weighted by Gasteiger charge is -2.20. The average Bonchev–Trinajstić information content (AvgIpc) is 3.11. The van der Waals surface area contributed by atoms with Gasteiger partial charge in [0, 0.05) is 31.3 Å². The third-order valence-corrected chi connectivity index (χ3v) is 5.67. The summed E-state index contributed by atoms with van der Waals surface area (Å²) in [6.07, 6.45) is 0. The Morgan fingerprint density at radius 1 is 0.767 bits per heavy atom. The topological polar surface area (TPSA) is 17.4 Å². The molecule has 0 fully saturated rings. The van der Waals surface area contributed by atoms with Gasteiger partial charge in [0.2, 0.25) is 0 Å². The summed E-state index contributed by atoms with van der Waals surface area (Å²) in [4.78, 5) is 7.92. The van der Waals surface area contributed by atoms with Crippen molar-refractivity contribution in [1.82, 2.24) is 4.73 Å². The van der Waals surface area contributed by atoms with Crippen LogP contribution in [0.25, 0.3) is 11.3 Å². The third-order valence-electron chi connectivity index (χ3n) is 5.67. The lowest BCUT2D eigenvalue weighted by Crippen LogP contribution is -2.11. The average molecular weight is 397 g/mol. The molecule has 4 rings (SSSR count). The first kappa shape index (κ1) is 19.8. The highest BCUT2D eigenvalue weighted by Crippen LogP contribution is 2.38. The van der Waals surface area contributed by atoms with E-state index >= 15 is 0 Å². The van der Waals surface area contributed by atoms with E-state index in [1.54, 1.807) is 7.11 Å². The maximum atomic E-state index is 5.79. The SMILES string of the molecule is COn1c(-c2ccccc2)cc(C(c2ccccc2)c2ccc(N(C)C)cc2)c1C. The number of rotatable bonds is 6. The molecule has 3 aromatic carbocycles. The number of hydrogen-bond donors (Lipinski definition) is 0. The first-order valence-corrected chi connectivity index (χ1v) is 10.2. The molecule has 152 valence electrons. The number of aromatic nitrogens is 1. The van der Waals surface area contributed by atoms with Gasteiger partial charge >= 0.3 is 0 Å². The second kappa shape index (κ2) is 8.50. The monoisotopic (exact) mass is 396 g/mol. The van der Waals surface area contributed by atoms with Crippen LogP contribution in [0.3, 0.4) is 0 Å². The molecule has 0 N–H and O–H groups in total. The minimum atomic E-state index is 0.126. The Morgan fingerprint density at radius 2 is 1.33 bits per heavy atom. The Morgan fingerprint density at radius 3 is 1.90 bits per heavy atom. The molecule has 4 aromatic rings. The van der Waals surface area contributed by atoms with Crippen molar-refractivity contribution in [2.45, 2.75) is 12.8 Å². The van der Waals surface area contributed by atoms with E-state index in [0.717, 1.165) is 17.0 Å². The van der Waals surface area contributed by atoms with Crippen molar-refractivity contribution >= 4 is 5.69 Å². The van der Waals surface area contributed by atoms with Crippen LogP contribution in [0.15, 0.2) is 91.0 Å². The smallest absolute Gasteiger partial charge is 0.104 e. The number of anilines is 1. The Bertz CT molecular complexity index is 1100. The summed E-state index contributed by atoms with van der Waals surface area (Å²) in [5.74, 6) is 0.126. The van der Waals surface area contributed by atoms with E-state index < -0.39 is 0 Å².